The Kier molecular flexibility index (Phi) is 3.24. The number of nitrogens with zero attached hydrogens (tertiary/aromatic N) is 2. The van der Waals surface area contributed by atoms with E-state index in [4.69, 9.17) is 10.7 Å². The zero-order chi connectivity index (χ0) is 14.1. The summed E-state index contributed by atoms with van der Waals surface area (Å²) in [6, 6.07) is 10.5. The molecule has 0 atom stereocenters. The first kappa shape index (κ1) is 12.8. The van der Waals surface area contributed by atoms with Crippen LogP contribution in [0.3, 0.4) is 0 Å². The molecule has 102 valence electrons. The first-order valence-corrected chi connectivity index (χ1v) is 6.63. The monoisotopic (exact) mass is 269 g/mol. The van der Waals surface area contributed by atoms with Gasteiger partial charge in [-0.05, 0) is 49.4 Å². The van der Waals surface area contributed by atoms with Crippen molar-refractivity contribution in [2.75, 3.05) is 6.54 Å². The number of pyridine rings is 1. The Hall–Kier alpha value is -2.20. The Morgan fingerprint density at radius 3 is 2.65 bits per heavy atom. The number of aryl methyl sites for hydroxylation is 1. The molecule has 1 aromatic carbocycles. The SMILES string of the molecule is Cc1cccn2c(CCN)c(-c3ccc(F)cc3)nc12. The predicted molar refractivity (Wildman–Crippen MR) is 78.1 cm³/mol. The fourth-order valence-electron chi connectivity index (χ4n) is 2.47. The van der Waals surface area contributed by atoms with Gasteiger partial charge in [0, 0.05) is 18.2 Å². The number of hydrogen-bond acceptors (Lipinski definition) is 2. The quantitative estimate of drug-likeness (QED) is 0.794. The topological polar surface area (TPSA) is 43.3 Å². The third kappa shape index (κ3) is 2.08. The Morgan fingerprint density at radius 1 is 1.20 bits per heavy atom. The molecular formula is C16H16FN3. The molecule has 0 bridgehead atoms. The minimum Gasteiger partial charge on any atom is -0.330 e. The molecule has 0 aliphatic heterocycles. The fourth-order valence-corrected chi connectivity index (χ4v) is 2.47. The van der Waals surface area contributed by atoms with E-state index in [2.05, 4.69) is 4.40 Å². The molecule has 0 saturated heterocycles. The van der Waals surface area contributed by atoms with Gasteiger partial charge in [-0.1, -0.05) is 6.07 Å². The highest BCUT2D eigenvalue weighted by atomic mass is 19.1. The van der Waals surface area contributed by atoms with Crippen LogP contribution in [0.1, 0.15) is 11.3 Å². The normalized spacial score (nSPS) is 11.2. The summed E-state index contributed by atoms with van der Waals surface area (Å²) < 4.78 is 15.1. The van der Waals surface area contributed by atoms with E-state index in [0.717, 1.165) is 34.6 Å². The van der Waals surface area contributed by atoms with Crippen molar-refractivity contribution in [2.45, 2.75) is 13.3 Å². The summed E-state index contributed by atoms with van der Waals surface area (Å²) in [7, 11) is 0. The summed E-state index contributed by atoms with van der Waals surface area (Å²) in [5.41, 5.74) is 10.6. The Balaban J connectivity index is 2.26. The van der Waals surface area contributed by atoms with Gasteiger partial charge < -0.3 is 10.1 Å². The maximum absolute atomic E-state index is 13.1. The molecule has 0 spiro atoms. The number of aromatic nitrogens is 2. The summed E-state index contributed by atoms with van der Waals surface area (Å²) in [6.07, 6.45) is 2.73. The predicted octanol–water partition coefficient (Wildman–Crippen LogP) is 2.95. The number of imidazole rings is 1. The molecule has 0 amide bonds. The third-order valence-corrected chi connectivity index (χ3v) is 3.44. The molecule has 4 heteroatoms. The Morgan fingerprint density at radius 2 is 1.95 bits per heavy atom. The van der Waals surface area contributed by atoms with Crippen molar-refractivity contribution in [3.05, 3.63) is 59.7 Å². The van der Waals surface area contributed by atoms with Crippen LogP contribution in [0.15, 0.2) is 42.6 Å². The molecule has 0 saturated carbocycles. The van der Waals surface area contributed by atoms with Gasteiger partial charge in [-0.25, -0.2) is 9.37 Å². The van der Waals surface area contributed by atoms with Crippen LogP contribution in [0.5, 0.6) is 0 Å². The number of nitrogens with two attached hydrogens (primary N) is 1. The van der Waals surface area contributed by atoms with Crippen LogP contribution in [-0.4, -0.2) is 15.9 Å². The molecule has 3 nitrogen and oxygen atoms in total. The maximum Gasteiger partial charge on any atom is 0.140 e. The van der Waals surface area contributed by atoms with Gasteiger partial charge >= 0.3 is 0 Å². The zero-order valence-electron chi connectivity index (χ0n) is 11.3. The largest absolute Gasteiger partial charge is 0.330 e. The van der Waals surface area contributed by atoms with Gasteiger partial charge in [0.15, 0.2) is 0 Å². The van der Waals surface area contributed by atoms with E-state index in [-0.39, 0.29) is 5.82 Å². The Bertz CT molecular complexity index is 744. The van der Waals surface area contributed by atoms with E-state index in [1.807, 2.05) is 25.3 Å². The first-order chi connectivity index (χ1) is 9.70. The first-order valence-electron chi connectivity index (χ1n) is 6.63. The lowest BCUT2D eigenvalue weighted by atomic mass is 10.1. The van der Waals surface area contributed by atoms with Gasteiger partial charge in [0.1, 0.15) is 11.5 Å². The summed E-state index contributed by atoms with van der Waals surface area (Å²) >= 11 is 0. The second-order valence-electron chi connectivity index (χ2n) is 4.84. The molecule has 3 rings (SSSR count). The molecule has 0 unspecified atom stereocenters. The molecule has 3 aromatic rings. The van der Waals surface area contributed by atoms with E-state index >= 15 is 0 Å². The highest BCUT2D eigenvalue weighted by molar-refractivity contribution is 5.68. The van der Waals surface area contributed by atoms with Crippen molar-refractivity contribution < 1.29 is 4.39 Å². The average Bonchev–Trinajstić information content (AvgIpc) is 2.81. The lowest BCUT2D eigenvalue weighted by molar-refractivity contribution is 0.628. The van der Waals surface area contributed by atoms with Crippen LogP contribution in [0.4, 0.5) is 4.39 Å². The van der Waals surface area contributed by atoms with Crippen LogP contribution in [0.25, 0.3) is 16.9 Å². The molecule has 0 radical (unpaired) electrons. The van der Waals surface area contributed by atoms with Crippen molar-refractivity contribution in [1.82, 2.24) is 9.38 Å². The van der Waals surface area contributed by atoms with E-state index in [1.54, 1.807) is 12.1 Å². The molecule has 0 aliphatic carbocycles. The lowest BCUT2D eigenvalue weighted by Crippen LogP contribution is -2.06. The average molecular weight is 269 g/mol. The van der Waals surface area contributed by atoms with Crippen molar-refractivity contribution in [1.29, 1.82) is 0 Å². The minimum absolute atomic E-state index is 0.242. The highest BCUT2D eigenvalue weighted by Crippen LogP contribution is 2.26. The van der Waals surface area contributed by atoms with Crippen LogP contribution in [0.2, 0.25) is 0 Å². The molecule has 0 fully saturated rings. The van der Waals surface area contributed by atoms with Gasteiger partial charge in [0.2, 0.25) is 0 Å². The smallest absolute Gasteiger partial charge is 0.140 e. The standard InChI is InChI=1S/C16H16FN3/c1-11-3-2-10-20-14(8-9-18)15(19-16(11)20)12-4-6-13(17)7-5-12/h2-7,10H,8-9,18H2,1H3. The number of fused-ring (bicyclic) bond motifs is 1. The molecule has 20 heavy (non-hydrogen) atoms. The summed E-state index contributed by atoms with van der Waals surface area (Å²) in [5.74, 6) is -0.242. The number of rotatable bonds is 3. The second-order valence-corrected chi connectivity index (χ2v) is 4.84. The minimum atomic E-state index is -0.242. The molecule has 2 heterocycles. The van der Waals surface area contributed by atoms with Gasteiger partial charge in [-0.15, -0.1) is 0 Å². The molecule has 2 N–H and O–H groups in total. The van der Waals surface area contributed by atoms with Crippen molar-refractivity contribution in [3.8, 4) is 11.3 Å². The van der Waals surface area contributed by atoms with Gasteiger partial charge in [0.05, 0.1) is 11.4 Å². The fraction of sp³-hybridized carbons (Fsp3) is 0.188. The van der Waals surface area contributed by atoms with E-state index in [1.165, 1.54) is 12.1 Å². The molecular weight excluding hydrogens is 253 g/mol. The lowest BCUT2D eigenvalue weighted by Gasteiger charge is -2.04. The molecule has 2 aromatic heterocycles. The van der Waals surface area contributed by atoms with E-state index in [0.29, 0.717) is 6.54 Å². The van der Waals surface area contributed by atoms with Crippen LogP contribution < -0.4 is 5.73 Å². The van der Waals surface area contributed by atoms with Crippen molar-refractivity contribution in [3.63, 3.8) is 0 Å². The number of halogens is 1. The highest BCUT2D eigenvalue weighted by Gasteiger charge is 2.14. The van der Waals surface area contributed by atoms with Gasteiger partial charge in [-0.2, -0.15) is 0 Å². The molecule has 0 aliphatic rings. The van der Waals surface area contributed by atoms with Crippen LogP contribution in [-0.2, 0) is 6.42 Å². The van der Waals surface area contributed by atoms with Gasteiger partial charge in [0.25, 0.3) is 0 Å². The zero-order valence-corrected chi connectivity index (χ0v) is 11.3. The van der Waals surface area contributed by atoms with Crippen molar-refractivity contribution in [2.24, 2.45) is 5.73 Å². The van der Waals surface area contributed by atoms with E-state index in [9.17, 15) is 4.39 Å². The summed E-state index contributed by atoms with van der Waals surface area (Å²) in [4.78, 5) is 4.72. The summed E-state index contributed by atoms with van der Waals surface area (Å²) in [6.45, 7) is 2.58. The number of hydrogen-bond donors (Lipinski definition) is 1. The van der Waals surface area contributed by atoms with Gasteiger partial charge in [-0.3, -0.25) is 0 Å². The third-order valence-electron chi connectivity index (χ3n) is 3.44. The van der Waals surface area contributed by atoms with E-state index < -0.39 is 0 Å². The van der Waals surface area contributed by atoms with Crippen LogP contribution in [0, 0.1) is 12.7 Å². The number of benzene rings is 1. The second kappa shape index (κ2) is 5.06. The Labute approximate surface area is 116 Å². The van der Waals surface area contributed by atoms with Crippen molar-refractivity contribution >= 4 is 5.65 Å². The summed E-state index contributed by atoms with van der Waals surface area (Å²) in [5, 5.41) is 0. The van der Waals surface area contributed by atoms with Crippen LogP contribution >= 0.6 is 0 Å². The maximum atomic E-state index is 13.1.